The van der Waals surface area contributed by atoms with Crippen LogP contribution in [-0.4, -0.2) is 30.6 Å². The number of hydrogen-bond donors (Lipinski definition) is 1. The van der Waals surface area contributed by atoms with E-state index in [9.17, 15) is 8.76 Å². The van der Waals surface area contributed by atoms with Crippen LogP contribution in [0, 0.1) is 0 Å². The first-order valence-corrected chi connectivity index (χ1v) is 7.14. The van der Waals surface area contributed by atoms with E-state index in [2.05, 4.69) is 0 Å². The SMILES string of the molecule is CCCN(CC[I-]N)S(=O)[O-]. The Bertz CT molecular complexity index is 125. The fourth-order valence-corrected chi connectivity index (χ4v) is 2.41. The first kappa shape index (κ1) is 11.8. The van der Waals surface area contributed by atoms with E-state index < -0.39 is 11.3 Å². The Morgan fingerprint density at radius 3 is 2.64 bits per heavy atom. The van der Waals surface area contributed by atoms with Crippen LogP contribution in [0.1, 0.15) is 13.3 Å². The zero-order valence-electron chi connectivity index (χ0n) is 6.46. The summed E-state index contributed by atoms with van der Waals surface area (Å²) >= 11 is -2.34. The van der Waals surface area contributed by atoms with Gasteiger partial charge in [-0.1, -0.05) is 0 Å². The predicted molar refractivity (Wildman–Crippen MR) is 39.8 cm³/mol. The molecule has 0 aromatic carbocycles. The van der Waals surface area contributed by atoms with Crippen molar-refractivity contribution in [2.24, 2.45) is 3.95 Å². The third-order valence-corrected chi connectivity index (χ3v) is 3.02. The number of halogens is 1. The molecule has 0 rings (SSSR count). The Morgan fingerprint density at radius 2 is 2.27 bits per heavy atom. The molecule has 0 saturated heterocycles. The van der Waals surface area contributed by atoms with Crippen molar-refractivity contribution >= 4 is 11.3 Å². The molecule has 0 aliphatic heterocycles. The van der Waals surface area contributed by atoms with Crippen LogP contribution in [0.25, 0.3) is 0 Å². The predicted octanol–water partition coefficient (Wildman–Crippen LogP) is -3.54. The van der Waals surface area contributed by atoms with Gasteiger partial charge in [-0.25, -0.2) is 0 Å². The Morgan fingerprint density at radius 1 is 1.64 bits per heavy atom. The first-order chi connectivity index (χ1) is 5.22. The van der Waals surface area contributed by atoms with Gasteiger partial charge in [0.1, 0.15) is 0 Å². The van der Waals surface area contributed by atoms with Gasteiger partial charge in [0.05, 0.1) is 0 Å². The molecule has 0 aromatic rings. The molecule has 0 saturated carbocycles. The van der Waals surface area contributed by atoms with Gasteiger partial charge in [-0.2, -0.15) is 0 Å². The van der Waals surface area contributed by atoms with E-state index in [0.717, 1.165) is 10.8 Å². The molecule has 0 spiro atoms. The summed E-state index contributed by atoms with van der Waals surface area (Å²) in [6.45, 7) is 3.16. The maximum absolute atomic E-state index is 10.5. The van der Waals surface area contributed by atoms with Crippen molar-refractivity contribution < 1.29 is 30.2 Å². The number of alkyl halides is 1. The van der Waals surface area contributed by atoms with Crippen LogP contribution in [-0.2, 0) is 11.3 Å². The van der Waals surface area contributed by atoms with Crippen molar-refractivity contribution in [3.8, 4) is 0 Å². The van der Waals surface area contributed by atoms with E-state index >= 15 is 0 Å². The molecule has 0 heterocycles. The van der Waals surface area contributed by atoms with E-state index in [1.807, 2.05) is 6.92 Å². The second kappa shape index (κ2) is 7.41. The molecule has 0 fully saturated rings. The van der Waals surface area contributed by atoms with Gasteiger partial charge < -0.3 is 0 Å². The Hall–Kier alpha value is 0.760. The normalized spacial score (nSPS) is 14.2. The molecule has 0 amide bonds. The molecule has 0 radical (unpaired) electrons. The quantitative estimate of drug-likeness (QED) is 0.239. The van der Waals surface area contributed by atoms with Crippen LogP contribution in [0.5, 0.6) is 0 Å². The van der Waals surface area contributed by atoms with Crippen LogP contribution in [0.2, 0.25) is 0 Å². The van der Waals surface area contributed by atoms with Gasteiger partial charge in [0.15, 0.2) is 0 Å². The summed E-state index contributed by atoms with van der Waals surface area (Å²) in [5.41, 5.74) is 0. The van der Waals surface area contributed by atoms with Crippen molar-refractivity contribution in [3.63, 3.8) is 0 Å². The fraction of sp³-hybridized carbons (Fsp3) is 1.00. The molecule has 1 unspecified atom stereocenters. The molecule has 0 bridgehead atoms. The summed E-state index contributed by atoms with van der Waals surface area (Å²) in [7, 11) is 0. The van der Waals surface area contributed by atoms with E-state index in [4.69, 9.17) is 3.95 Å². The van der Waals surface area contributed by atoms with Gasteiger partial charge >= 0.3 is 80.6 Å². The average Bonchev–Trinajstić information content (AvgIpc) is 1.97. The Kier molecular flexibility index (Phi) is 7.92. The number of rotatable bonds is 6. The third-order valence-electron chi connectivity index (χ3n) is 1.13. The average molecular weight is 292 g/mol. The fourth-order valence-electron chi connectivity index (χ4n) is 0.653. The summed E-state index contributed by atoms with van der Waals surface area (Å²) < 4.78 is 28.6. The van der Waals surface area contributed by atoms with E-state index in [1.165, 1.54) is 4.31 Å². The van der Waals surface area contributed by atoms with Gasteiger partial charge in [-0.3, -0.25) is 0 Å². The van der Waals surface area contributed by atoms with Crippen LogP contribution in [0.4, 0.5) is 0 Å². The summed E-state index contributed by atoms with van der Waals surface area (Å²) in [5.74, 6) is 0. The monoisotopic (exact) mass is 292 g/mol. The Balaban J connectivity index is 3.60. The molecule has 70 valence electrons. The molecule has 4 nitrogen and oxygen atoms in total. The van der Waals surface area contributed by atoms with Crippen molar-refractivity contribution in [2.75, 3.05) is 17.5 Å². The van der Waals surface area contributed by atoms with Crippen molar-refractivity contribution in [1.82, 2.24) is 4.31 Å². The topological polar surface area (TPSA) is 69.4 Å². The molecule has 1 atom stereocenters. The summed E-state index contributed by atoms with van der Waals surface area (Å²) in [6.07, 6.45) is 0.858. The first-order valence-electron chi connectivity index (χ1n) is 3.34. The molecule has 2 N–H and O–H groups in total. The minimum atomic E-state index is -2.06. The standard InChI is InChI=1S/C5H14IN2O2S/c1-2-4-8(11(9)10)5-3-6-7/h2-5,7H2,1H3,(H,9,10)/q-1/p-1. The van der Waals surface area contributed by atoms with Crippen molar-refractivity contribution in [2.45, 2.75) is 13.3 Å². The zero-order valence-corrected chi connectivity index (χ0v) is 9.43. The molecule has 11 heavy (non-hydrogen) atoms. The Labute approximate surface area is 80.6 Å². The van der Waals surface area contributed by atoms with Gasteiger partial charge in [-0.15, -0.1) is 0 Å². The van der Waals surface area contributed by atoms with Gasteiger partial charge in [0.25, 0.3) is 0 Å². The van der Waals surface area contributed by atoms with Gasteiger partial charge in [0, 0.05) is 0 Å². The zero-order chi connectivity index (χ0) is 8.69. The summed E-state index contributed by atoms with van der Waals surface area (Å²) in [6, 6.07) is 0. The second-order valence-corrected chi connectivity index (χ2v) is 4.90. The number of nitrogens with two attached hydrogens (primary N) is 1. The second-order valence-electron chi connectivity index (χ2n) is 1.99. The van der Waals surface area contributed by atoms with Crippen LogP contribution >= 0.6 is 0 Å². The number of nitrogens with zero attached hydrogens (tertiary/aromatic N) is 1. The summed E-state index contributed by atoms with van der Waals surface area (Å²) in [4.78, 5) is 0. The van der Waals surface area contributed by atoms with Crippen molar-refractivity contribution in [1.29, 1.82) is 0 Å². The molecular weight excluding hydrogens is 279 g/mol. The number of hydrogen-bond acceptors (Lipinski definition) is 3. The summed E-state index contributed by atoms with van der Waals surface area (Å²) in [5, 5.41) is 0. The molecule has 0 aliphatic rings. The van der Waals surface area contributed by atoms with Crippen molar-refractivity contribution in [3.05, 3.63) is 0 Å². The van der Waals surface area contributed by atoms with E-state index in [1.54, 1.807) is 0 Å². The molecule has 0 aliphatic carbocycles. The van der Waals surface area contributed by atoms with Gasteiger partial charge in [-0.05, 0) is 0 Å². The van der Waals surface area contributed by atoms with Gasteiger partial charge in [0.2, 0.25) is 0 Å². The van der Waals surface area contributed by atoms with Crippen LogP contribution in [0.15, 0.2) is 0 Å². The van der Waals surface area contributed by atoms with Crippen LogP contribution in [0.3, 0.4) is 0 Å². The van der Waals surface area contributed by atoms with E-state index in [0.29, 0.717) is 13.1 Å². The molecule has 6 heteroatoms. The maximum atomic E-state index is 10.5. The molecular formula is C5H13IN2O2S-2. The minimum absolute atomic E-state index is 0.278. The molecule has 0 aromatic heterocycles. The third kappa shape index (κ3) is 5.97. The van der Waals surface area contributed by atoms with Crippen LogP contribution < -0.4 is 25.4 Å². The van der Waals surface area contributed by atoms with E-state index in [-0.39, 0.29) is 21.5 Å².